The summed E-state index contributed by atoms with van der Waals surface area (Å²) in [5, 5.41) is 11.7. The van der Waals surface area contributed by atoms with Gasteiger partial charge in [-0.2, -0.15) is 0 Å². The first-order valence-electron chi connectivity index (χ1n) is 4.48. The topological polar surface area (TPSA) is 51.6 Å². The highest BCUT2D eigenvalue weighted by molar-refractivity contribution is 5.75. The summed E-state index contributed by atoms with van der Waals surface area (Å²) in [7, 11) is 0. The van der Waals surface area contributed by atoms with Crippen LogP contribution >= 0.6 is 0 Å². The Balaban J connectivity index is 2.35. The smallest absolute Gasteiger partial charge is 0.0790 e. The highest BCUT2D eigenvalue weighted by atomic mass is 15.3. The molecule has 2 heterocycles. The molecule has 4 nitrogen and oxygen atoms in total. The number of nitrogens with zero attached hydrogens (tertiary/aromatic N) is 4. The zero-order valence-electron chi connectivity index (χ0n) is 7.73. The zero-order valence-corrected chi connectivity index (χ0v) is 7.73. The first-order valence-corrected chi connectivity index (χ1v) is 4.48. The molecule has 0 amide bonds. The number of pyridine rings is 1. The predicted molar refractivity (Wildman–Crippen MR) is 50.6 cm³/mol. The Morgan fingerprint density at radius 2 is 2.21 bits per heavy atom. The van der Waals surface area contributed by atoms with Gasteiger partial charge < -0.3 is 0 Å². The molecule has 0 saturated heterocycles. The summed E-state index contributed by atoms with van der Waals surface area (Å²) in [5.74, 6) is 0. The standard InChI is InChI=1S/C10H8N4/c1-6-10-8-2-3-11-5-7(8)4-9(10)13-14-12-6/h2-3,5H,4H2,1H3. The predicted octanol–water partition coefficient (Wildman–Crippen LogP) is 1.15. The van der Waals surface area contributed by atoms with Crippen LogP contribution in [0, 0.1) is 6.92 Å². The average molecular weight is 184 g/mol. The van der Waals surface area contributed by atoms with Crippen LogP contribution in [0.4, 0.5) is 0 Å². The van der Waals surface area contributed by atoms with E-state index in [4.69, 9.17) is 0 Å². The second-order valence-corrected chi connectivity index (χ2v) is 3.41. The largest absolute Gasteiger partial charge is 0.264 e. The molecule has 3 rings (SSSR count). The summed E-state index contributed by atoms with van der Waals surface area (Å²) >= 11 is 0. The van der Waals surface area contributed by atoms with Gasteiger partial charge in [0, 0.05) is 24.4 Å². The second-order valence-electron chi connectivity index (χ2n) is 3.41. The summed E-state index contributed by atoms with van der Waals surface area (Å²) in [6, 6.07) is 2.01. The third-order valence-corrected chi connectivity index (χ3v) is 2.54. The molecule has 0 N–H and O–H groups in total. The molecule has 0 unspecified atom stereocenters. The van der Waals surface area contributed by atoms with Gasteiger partial charge in [0.15, 0.2) is 0 Å². The Hall–Kier alpha value is -1.84. The van der Waals surface area contributed by atoms with Crippen LogP contribution < -0.4 is 0 Å². The fraction of sp³-hybridized carbons (Fsp3) is 0.200. The van der Waals surface area contributed by atoms with Gasteiger partial charge in [0.1, 0.15) is 0 Å². The molecule has 0 aliphatic heterocycles. The number of rotatable bonds is 0. The molecule has 2 aromatic rings. The van der Waals surface area contributed by atoms with Crippen LogP contribution in [0.15, 0.2) is 18.5 Å². The van der Waals surface area contributed by atoms with Gasteiger partial charge >= 0.3 is 0 Å². The van der Waals surface area contributed by atoms with E-state index in [2.05, 4.69) is 20.4 Å². The summed E-state index contributed by atoms with van der Waals surface area (Å²) in [4.78, 5) is 4.10. The van der Waals surface area contributed by atoms with Crippen molar-refractivity contribution < 1.29 is 0 Å². The van der Waals surface area contributed by atoms with Gasteiger partial charge in [-0.1, -0.05) is 0 Å². The van der Waals surface area contributed by atoms with E-state index in [9.17, 15) is 0 Å². The zero-order chi connectivity index (χ0) is 9.54. The molecular weight excluding hydrogens is 176 g/mol. The monoisotopic (exact) mass is 184 g/mol. The van der Waals surface area contributed by atoms with Crippen molar-refractivity contribution >= 4 is 0 Å². The van der Waals surface area contributed by atoms with E-state index in [0.717, 1.165) is 23.4 Å². The van der Waals surface area contributed by atoms with E-state index < -0.39 is 0 Å². The molecule has 0 aromatic carbocycles. The molecule has 2 aromatic heterocycles. The lowest BCUT2D eigenvalue weighted by Crippen LogP contribution is -1.96. The molecular formula is C10H8N4. The molecule has 0 atom stereocenters. The van der Waals surface area contributed by atoms with Gasteiger partial charge in [-0.3, -0.25) is 4.98 Å². The fourth-order valence-corrected chi connectivity index (χ4v) is 1.92. The minimum Gasteiger partial charge on any atom is -0.264 e. The van der Waals surface area contributed by atoms with Crippen molar-refractivity contribution in [2.24, 2.45) is 0 Å². The van der Waals surface area contributed by atoms with Gasteiger partial charge in [0.25, 0.3) is 0 Å². The lowest BCUT2D eigenvalue weighted by Gasteiger charge is -2.00. The number of fused-ring (bicyclic) bond motifs is 3. The lowest BCUT2D eigenvalue weighted by molar-refractivity contribution is 0.813. The molecule has 68 valence electrons. The van der Waals surface area contributed by atoms with E-state index in [1.807, 2.05) is 19.2 Å². The first-order chi connectivity index (χ1) is 6.86. The summed E-state index contributed by atoms with van der Waals surface area (Å²) < 4.78 is 0. The normalized spacial score (nSPS) is 12.4. The number of hydrogen-bond donors (Lipinski definition) is 0. The van der Waals surface area contributed by atoms with Crippen LogP contribution in [-0.4, -0.2) is 20.4 Å². The summed E-state index contributed by atoms with van der Waals surface area (Å²) in [5.41, 5.74) is 5.51. The molecule has 1 aliphatic rings. The summed E-state index contributed by atoms with van der Waals surface area (Å²) in [6.07, 6.45) is 4.51. The molecule has 1 aliphatic carbocycles. The van der Waals surface area contributed by atoms with Crippen LogP contribution in [0.5, 0.6) is 0 Å². The van der Waals surface area contributed by atoms with E-state index in [1.54, 1.807) is 6.20 Å². The van der Waals surface area contributed by atoms with Crippen molar-refractivity contribution in [3.63, 3.8) is 0 Å². The molecule has 4 heteroatoms. The minimum absolute atomic E-state index is 0.828. The molecule has 0 bridgehead atoms. The Labute approximate surface area is 81.0 Å². The van der Waals surface area contributed by atoms with Gasteiger partial charge in [-0.15, -0.1) is 10.2 Å². The van der Waals surface area contributed by atoms with Gasteiger partial charge in [-0.25, -0.2) is 0 Å². The first kappa shape index (κ1) is 7.55. The van der Waals surface area contributed by atoms with Crippen LogP contribution in [0.25, 0.3) is 11.1 Å². The minimum atomic E-state index is 0.828. The highest BCUT2D eigenvalue weighted by Gasteiger charge is 2.22. The van der Waals surface area contributed by atoms with E-state index in [0.29, 0.717) is 0 Å². The van der Waals surface area contributed by atoms with Gasteiger partial charge in [-0.05, 0) is 29.3 Å². The van der Waals surface area contributed by atoms with Crippen LogP contribution in [0.1, 0.15) is 17.0 Å². The second kappa shape index (κ2) is 2.57. The van der Waals surface area contributed by atoms with Crippen molar-refractivity contribution in [3.05, 3.63) is 35.4 Å². The molecule has 0 spiro atoms. The summed E-state index contributed by atoms with van der Waals surface area (Å²) in [6.45, 7) is 1.96. The van der Waals surface area contributed by atoms with Crippen LogP contribution in [0.3, 0.4) is 0 Å². The number of aryl methyl sites for hydroxylation is 1. The lowest BCUT2D eigenvalue weighted by atomic mass is 10.1. The van der Waals surface area contributed by atoms with E-state index in [1.165, 1.54) is 11.1 Å². The highest BCUT2D eigenvalue weighted by Crippen LogP contribution is 2.35. The maximum absolute atomic E-state index is 4.10. The van der Waals surface area contributed by atoms with Crippen molar-refractivity contribution in [1.29, 1.82) is 0 Å². The number of hydrogen-bond acceptors (Lipinski definition) is 4. The van der Waals surface area contributed by atoms with Crippen molar-refractivity contribution in [2.75, 3.05) is 0 Å². The Kier molecular flexibility index (Phi) is 1.39. The van der Waals surface area contributed by atoms with Crippen LogP contribution in [0.2, 0.25) is 0 Å². The molecule has 14 heavy (non-hydrogen) atoms. The Morgan fingerprint density at radius 1 is 1.29 bits per heavy atom. The average Bonchev–Trinajstić information content (AvgIpc) is 2.57. The van der Waals surface area contributed by atoms with Gasteiger partial charge in [0.05, 0.1) is 11.4 Å². The maximum atomic E-state index is 4.10. The molecule has 0 saturated carbocycles. The molecule has 0 radical (unpaired) electrons. The fourth-order valence-electron chi connectivity index (χ4n) is 1.92. The van der Waals surface area contributed by atoms with E-state index in [-0.39, 0.29) is 0 Å². The molecule has 0 fully saturated rings. The third-order valence-electron chi connectivity index (χ3n) is 2.54. The third kappa shape index (κ3) is 0.878. The quantitative estimate of drug-likeness (QED) is 0.525. The van der Waals surface area contributed by atoms with Crippen molar-refractivity contribution in [1.82, 2.24) is 20.4 Å². The van der Waals surface area contributed by atoms with Crippen molar-refractivity contribution in [2.45, 2.75) is 13.3 Å². The van der Waals surface area contributed by atoms with Gasteiger partial charge in [0.2, 0.25) is 0 Å². The Morgan fingerprint density at radius 3 is 3.14 bits per heavy atom. The van der Waals surface area contributed by atoms with E-state index >= 15 is 0 Å². The number of aromatic nitrogens is 4. The van der Waals surface area contributed by atoms with Crippen LogP contribution in [-0.2, 0) is 6.42 Å². The van der Waals surface area contributed by atoms with Crippen molar-refractivity contribution in [3.8, 4) is 11.1 Å². The maximum Gasteiger partial charge on any atom is 0.0790 e. The Bertz CT molecular complexity index is 507. The SMILES string of the molecule is Cc1nnnc2c1-c1ccncc1C2.